The Hall–Kier alpha value is -1.73. The van der Waals surface area contributed by atoms with Crippen molar-refractivity contribution in [3.63, 3.8) is 0 Å². The fourth-order valence-electron chi connectivity index (χ4n) is 3.55. The lowest BCUT2D eigenvalue weighted by atomic mass is 10.1. The third kappa shape index (κ3) is 5.64. The highest BCUT2D eigenvalue weighted by Crippen LogP contribution is 2.21. The predicted octanol–water partition coefficient (Wildman–Crippen LogP) is 0.162. The van der Waals surface area contributed by atoms with E-state index < -0.39 is 9.84 Å². The zero-order valence-corrected chi connectivity index (χ0v) is 15.2. The van der Waals surface area contributed by atoms with Crippen LogP contribution >= 0.6 is 0 Å². The molecule has 1 amide bonds. The van der Waals surface area contributed by atoms with E-state index in [0.29, 0.717) is 6.42 Å². The molecule has 6 nitrogen and oxygen atoms in total. The van der Waals surface area contributed by atoms with E-state index in [2.05, 4.69) is 34.8 Å². The first-order chi connectivity index (χ1) is 12.0. The van der Waals surface area contributed by atoms with E-state index in [-0.39, 0.29) is 29.8 Å². The molecule has 0 spiro atoms. The molecule has 2 aliphatic heterocycles. The highest BCUT2D eigenvalue weighted by molar-refractivity contribution is 7.91. The first kappa shape index (κ1) is 18.1. The molecule has 2 heterocycles. The van der Waals surface area contributed by atoms with Gasteiger partial charge < -0.3 is 4.90 Å². The van der Waals surface area contributed by atoms with Gasteiger partial charge in [0.1, 0.15) is 6.54 Å². The number of carbonyl (C=O) groups is 1. The van der Waals surface area contributed by atoms with Gasteiger partial charge in [-0.15, -0.1) is 0 Å². The van der Waals surface area contributed by atoms with Crippen molar-refractivity contribution in [1.29, 1.82) is 0 Å². The molecule has 0 bridgehead atoms. The van der Waals surface area contributed by atoms with E-state index in [0.717, 1.165) is 38.2 Å². The first-order valence-corrected chi connectivity index (χ1v) is 10.7. The highest BCUT2D eigenvalue weighted by atomic mass is 32.2. The Balaban J connectivity index is 1.39. The van der Waals surface area contributed by atoms with Crippen molar-refractivity contribution < 1.29 is 18.1 Å². The molecule has 1 aromatic carbocycles. The van der Waals surface area contributed by atoms with Gasteiger partial charge in [0.15, 0.2) is 9.84 Å². The van der Waals surface area contributed by atoms with Crippen molar-refractivity contribution in [1.82, 2.24) is 5.43 Å². The van der Waals surface area contributed by atoms with Gasteiger partial charge in [-0.05, 0) is 12.3 Å². The van der Waals surface area contributed by atoms with Crippen LogP contribution in [0.1, 0.15) is 31.2 Å². The van der Waals surface area contributed by atoms with Crippen LogP contribution in [0.25, 0.3) is 0 Å². The van der Waals surface area contributed by atoms with Gasteiger partial charge in [0, 0.05) is 30.5 Å². The summed E-state index contributed by atoms with van der Waals surface area (Å²) in [6.07, 6.45) is 2.62. The number of carbonyl (C=O) groups excluding carboxylic acids is 1. The molecule has 2 aliphatic rings. The Morgan fingerprint density at radius 2 is 1.92 bits per heavy atom. The summed E-state index contributed by atoms with van der Waals surface area (Å²) in [6.45, 7) is 3.06. The Bertz CT molecular complexity index is 721. The normalized spacial score (nSPS) is 25.5. The Morgan fingerprint density at radius 1 is 1.20 bits per heavy atom. The molecule has 136 valence electrons. The summed E-state index contributed by atoms with van der Waals surface area (Å²) in [5.41, 5.74) is 4.99. The molecular formula is C18H26N3O3S+. The van der Waals surface area contributed by atoms with Crippen molar-refractivity contribution in [2.75, 3.05) is 24.6 Å². The number of benzene rings is 1. The second kappa shape index (κ2) is 8.10. The molecule has 0 aliphatic carbocycles. The van der Waals surface area contributed by atoms with Gasteiger partial charge in [0.25, 0.3) is 0 Å². The van der Waals surface area contributed by atoms with Gasteiger partial charge in [0.2, 0.25) is 5.91 Å². The molecule has 1 aromatic rings. The number of hydrogen-bond donors (Lipinski definition) is 2. The van der Waals surface area contributed by atoms with Crippen LogP contribution in [0.4, 0.5) is 0 Å². The van der Waals surface area contributed by atoms with Crippen LogP contribution in [-0.2, 0) is 21.2 Å². The minimum Gasteiger partial charge on any atom is -0.331 e. The molecule has 7 heteroatoms. The number of sulfone groups is 1. The lowest BCUT2D eigenvalue weighted by Gasteiger charge is -2.24. The number of hydrazone groups is 1. The van der Waals surface area contributed by atoms with E-state index in [9.17, 15) is 13.2 Å². The fraction of sp³-hybridized carbons (Fsp3) is 0.556. The van der Waals surface area contributed by atoms with Crippen LogP contribution in [0.15, 0.2) is 35.4 Å². The molecule has 0 unspecified atom stereocenters. The van der Waals surface area contributed by atoms with Crippen LogP contribution in [-0.4, -0.2) is 44.6 Å². The second-order valence-corrected chi connectivity index (χ2v) is 9.33. The van der Waals surface area contributed by atoms with Gasteiger partial charge in [-0.3, -0.25) is 4.79 Å². The molecule has 0 aromatic heterocycles. The summed E-state index contributed by atoms with van der Waals surface area (Å²) in [7, 11) is -2.93. The summed E-state index contributed by atoms with van der Waals surface area (Å²) in [5, 5.41) is 4.26. The summed E-state index contributed by atoms with van der Waals surface area (Å²) >= 11 is 0. The molecule has 2 fully saturated rings. The lowest BCUT2D eigenvalue weighted by molar-refractivity contribution is -0.914. The summed E-state index contributed by atoms with van der Waals surface area (Å²) < 4.78 is 22.9. The zero-order valence-electron chi connectivity index (χ0n) is 14.4. The number of piperidine rings is 1. The SMILES string of the molecule is O=C(C[C@@H]1CCS(=O)(=O)C1)NN=C1CC[NH+](Cc2ccccc2)CC1. The minimum atomic E-state index is -2.93. The standard InChI is InChI=1S/C18H25N3O3S/c22-18(12-16-8-11-25(23,24)14-16)20-19-17-6-9-21(10-7-17)13-15-4-2-1-3-5-15/h1-5,16H,6-14H2,(H,20,22)/p+1/t16-/m0/s1. The number of hydrogen-bond acceptors (Lipinski definition) is 4. The number of nitrogens with zero attached hydrogens (tertiary/aromatic N) is 1. The van der Waals surface area contributed by atoms with E-state index in [1.807, 2.05) is 6.07 Å². The van der Waals surface area contributed by atoms with Crippen LogP contribution in [0.5, 0.6) is 0 Å². The average molecular weight is 364 g/mol. The quantitative estimate of drug-likeness (QED) is 0.731. The van der Waals surface area contributed by atoms with Crippen molar-refractivity contribution in [3.05, 3.63) is 35.9 Å². The van der Waals surface area contributed by atoms with E-state index in [1.54, 1.807) is 0 Å². The summed E-state index contributed by atoms with van der Waals surface area (Å²) in [4.78, 5) is 13.5. The maximum absolute atomic E-state index is 11.9. The highest BCUT2D eigenvalue weighted by Gasteiger charge is 2.29. The second-order valence-electron chi connectivity index (χ2n) is 7.10. The van der Waals surface area contributed by atoms with Gasteiger partial charge in [-0.2, -0.15) is 5.10 Å². The predicted molar refractivity (Wildman–Crippen MR) is 97.0 cm³/mol. The van der Waals surface area contributed by atoms with Crippen LogP contribution < -0.4 is 10.3 Å². The van der Waals surface area contributed by atoms with Gasteiger partial charge in [-0.25, -0.2) is 13.8 Å². The molecule has 3 rings (SSSR count). The number of amides is 1. The van der Waals surface area contributed by atoms with Crippen molar-refractivity contribution in [2.24, 2.45) is 11.0 Å². The first-order valence-electron chi connectivity index (χ1n) is 8.92. The third-order valence-electron chi connectivity index (χ3n) is 4.97. The molecule has 1 atom stereocenters. The third-order valence-corrected chi connectivity index (χ3v) is 6.81. The van der Waals surface area contributed by atoms with E-state index in [4.69, 9.17) is 0 Å². The van der Waals surface area contributed by atoms with Crippen LogP contribution in [0.3, 0.4) is 0 Å². The van der Waals surface area contributed by atoms with Gasteiger partial charge in [-0.1, -0.05) is 30.3 Å². The largest absolute Gasteiger partial charge is 0.331 e. The summed E-state index contributed by atoms with van der Waals surface area (Å²) in [5.74, 6) is 0.116. The van der Waals surface area contributed by atoms with Crippen LogP contribution in [0.2, 0.25) is 0 Å². The minimum absolute atomic E-state index is 0.0534. The molecule has 0 saturated carbocycles. The van der Waals surface area contributed by atoms with Crippen LogP contribution in [0, 0.1) is 5.92 Å². The van der Waals surface area contributed by atoms with Gasteiger partial charge >= 0.3 is 0 Å². The maximum Gasteiger partial charge on any atom is 0.240 e. The number of nitrogens with one attached hydrogen (secondary N) is 2. The van der Waals surface area contributed by atoms with Gasteiger partial charge in [0.05, 0.1) is 24.6 Å². The lowest BCUT2D eigenvalue weighted by Crippen LogP contribution is -3.11. The van der Waals surface area contributed by atoms with E-state index >= 15 is 0 Å². The maximum atomic E-state index is 11.9. The number of likely N-dealkylation sites (tertiary alicyclic amines) is 1. The Labute approximate surface area is 149 Å². The monoisotopic (exact) mass is 364 g/mol. The Kier molecular flexibility index (Phi) is 5.86. The van der Waals surface area contributed by atoms with Crippen molar-refractivity contribution >= 4 is 21.5 Å². The average Bonchev–Trinajstić information content (AvgIpc) is 2.94. The zero-order chi connectivity index (χ0) is 17.7. The molecule has 0 radical (unpaired) electrons. The smallest absolute Gasteiger partial charge is 0.240 e. The topological polar surface area (TPSA) is 80.0 Å². The molecule has 25 heavy (non-hydrogen) atoms. The van der Waals surface area contributed by atoms with E-state index in [1.165, 1.54) is 10.5 Å². The summed E-state index contributed by atoms with van der Waals surface area (Å²) in [6, 6.07) is 10.5. The number of rotatable bonds is 5. The number of quaternary nitrogens is 1. The molecule has 2 N–H and O–H groups in total. The fourth-order valence-corrected chi connectivity index (χ4v) is 5.41. The Morgan fingerprint density at radius 3 is 2.56 bits per heavy atom. The molecular weight excluding hydrogens is 338 g/mol. The van der Waals surface area contributed by atoms with Crippen molar-refractivity contribution in [3.8, 4) is 0 Å². The molecule has 2 saturated heterocycles. The van der Waals surface area contributed by atoms with Crippen molar-refractivity contribution in [2.45, 2.75) is 32.2 Å².